The maximum absolute atomic E-state index is 8.56. The van der Waals surface area contributed by atoms with Crippen molar-refractivity contribution in [1.82, 2.24) is 18.7 Å². The second kappa shape index (κ2) is 16.9. The SMILES string of the molecule is [2H]C([2H])([2H])c1cc(-n2c3[c-]c(Oc4[c-]c5c(cc4)CCCCC5n4[c](=[Pt])n(-c5c(-c6ccccc6)cccc5-c5ccccc5)c5ccccc54)ccc3c3ccccc32)ncc1-c1ccccc1. The summed E-state index contributed by atoms with van der Waals surface area (Å²) in [4.78, 5) is 4.91. The van der Waals surface area contributed by atoms with Crippen LogP contribution in [0.4, 0.5) is 0 Å². The summed E-state index contributed by atoms with van der Waals surface area (Å²) in [6.07, 6.45) is 5.73. The number of hydrogen-bond acceptors (Lipinski definition) is 2. The Bertz CT molecular complexity index is 3730. The topological polar surface area (TPSA) is 36.9 Å². The molecule has 11 aromatic rings. The van der Waals surface area contributed by atoms with Crippen molar-refractivity contribution in [3.8, 4) is 56.4 Å². The predicted octanol–water partition coefficient (Wildman–Crippen LogP) is 15.0. The zero-order valence-corrected chi connectivity index (χ0v) is 38.2. The van der Waals surface area contributed by atoms with Crippen LogP contribution < -0.4 is 4.74 Å². The fourth-order valence-electron chi connectivity index (χ4n) is 9.98. The van der Waals surface area contributed by atoms with Crippen molar-refractivity contribution < 1.29 is 28.2 Å². The molecule has 3 heterocycles. The molecule has 6 heteroatoms. The molecule has 1 aliphatic carbocycles. The van der Waals surface area contributed by atoms with Gasteiger partial charge in [0.25, 0.3) is 0 Å². The summed E-state index contributed by atoms with van der Waals surface area (Å²) in [7, 11) is 0. The van der Waals surface area contributed by atoms with Crippen LogP contribution in [0.25, 0.3) is 77.7 Å². The second-order valence-corrected chi connectivity index (χ2v) is 17.9. The quantitative estimate of drug-likeness (QED) is 0.112. The minimum atomic E-state index is -2.37. The van der Waals surface area contributed by atoms with Crippen LogP contribution in [-0.2, 0) is 25.8 Å². The minimum absolute atomic E-state index is 0.0138. The Morgan fingerprint density at radius 3 is 1.92 bits per heavy atom. The molecule has 322 valence electrons. The van der Waals surface area contributed by atoms with E-state index in [-0.39, 0.29) is 11.6 Å². The first-order valence-electron chi connectivity index (χ1n) is 24.0. The first-order chi connectivity index (χ1) is 33.8. The number of imidazole rings is 1. The van der Waals surface area contributed by atoms with E-state index in [1.165, 1.54) is 5.56 Å². The molecule has 0 saturated carbocycles. The minimum Gasteiger partial charge on any atom is -0.238 e. The molecule has 3 aromatic heterocycles. The van der Waals surface area contributed by atoms with E-state index in [4.69, 9.17) is 13.8 Å². The number of nitrogens with zero attached hydrogens (tertiary/aromatic N) is 4. The van der Waals surface area contributed by atoms with E-state index in [2.05, 4.69) is 162 Å². The molecule has 1 unspecified atom stereocenters. The number of ether oxygens (including phenoxy) is 1. The van der Waals surface area contributed by atoms with Gasteiger partial charge in [-0.15, -0.1) is 0 Å². The van der Waals surface area contributed by atoms with Crippen LogP contribution in [0, 0.1) is 22.8 Å². The second-order valence-electron chi connectivity index (χ2n) is 16.9. The molecular weight excluding hydrogens is 988 g/mol. The standard InChI is InChI=1S/C60H44N4O.Pt/c1-41-36-59(61-39-53(41)44-22-9-4-10-23-44)64-55-29-14-12-25-50(55)51-35-34-47(38-58(51)64)65-46-33-32-45-24-11-13-28-54(52(45)37-46)62-40-63(57-31-16-15-30-56(57)62)60-48(42-18-5-2-6-19-42)26-17-27-49(60)43-20-7-3-8-21-43;/h2-10,12,14-23,25-27,29-36,39,54H,11,13,24,28H2,1H3;/q-2;/i1D3;. The van der Waals surface area contributed by atoms with E-state index in [1.807, 2.05) is 65.2 Å². The third kappa shape index (κ3) is 6.98. The Morgan fingerprint density at radius 2 is 1.21 bits per heavy atom. The molecule has 12 rings (SSSR count). The first-order valence-corrected chi connectivity index (χ1v) is 23.6. The van der Waals surface area contributed by atoms with Gasteiger partial charge in [-0.25, -0.2) is 4.98 Å². The molecule has 1 atom stereocenters. The van der Waals surface area contributed by atoms with Crippen molar-refractivity contribution in [1.29, 1.82) is 0 Å². The van der Waals surface area contributed by atoms with Crippen molar-refractivity contribution in [2.24, 2.45) is 0 Å². The summed E-state index contributed by atoms with van der Waals surface area (Å²) in [6, 6.07) is 71.8. The monoisotopic (exact) mass is 1030 g/mol. The first kappa shape index (κ1) is 36.9. The third-order valence-electron chi connectivity index (χ3n) is 13.0. The van der Waals surface area contributed by atoms with Crippen molar-refractivity contribution in [2.45, 2.75) is 38.6 Å². The van der Waals surface area contributed by atoms with Crippen molar-refractivity contribution in [3.05, 3.63) is 227 Å². The molecule has 0 amide bonds. The Balaban J connectivity index is 0.979. The van der Waals surface area contributed by atoms with Crippen LogP contribution in [0.15, 0.2) is 194 Å². The fraction of sp³-hybridized carbons (Fsp3) is 0.100. The van der Waals surface area contributed by atoms with Crippen LogP contribution in [0.3, 0.4) is 0 Å². The van der Waals surface area contributed by atoms with Gasteiger partial charge >= 0.3 is 302 Å². The number of rotatable bonds is 8. The molecule has 0 saturated heterocycles. The van der Waals surface area contributed by atoms with Gasteiger partial charge in [0.15, 0.2) is 0 Å². The number of pyridine rings is 1. The average molecular weight is 1040 g/mol. The summed E-state index contributed by atoms with van der Waals surface area (Å²) < 4.78 is 40.5. The number of aromatic nitrogens is 4. The van der Waals surface area contributed by atoms with Gasteiger partial charge in [-0.2, -0.15) is 0 Å². The van der Waals surface area contributed by atoms with Gasteiger partial charge in [-0.3, -0.25) is 0 Å². The van der Waals surface area contributed by atoms with Gasteiger partial charge in [-0.1, -0.05) is 48.5 Å². The summed E-state index contributed by atoms with van der Waals surface area (Å²) in [5.41, 5.74) is 13.7. The predicted molar refractivity (Wildman–Crippen MR) is 264 cm³/mol. The van der Waals surface area contributed by atoms with Crippen LogP contribution >= 0.6 is 0 Å². The van der Waals surface area contributed by atoms with Gasteiger partial charge in [0, 0.05) is 15.9 Å². The molecule has 0 N–H and O–H groups in total. The van der Waals surface area contributed by atoms with Crippen LogP contribution in [0.1, 0.15) is 46.1 Å². The molecule has 0 spiro atoms. The van der Waals surface area contributed by atoms with Crippen LogP contribution in [0.5, 0.6) is 11.5 Å². The molecule has 8 aromatic carbocycles. The normalized spacial score (nSPS) is 14.7. The Labute approximate surface area is 399 Å². The van der Waals surface area contributed by atoms with Crippen molar-refractivity contribution in [2.75, 3.05) is 0 Å². The van der Waals surface area contributed by atoms with E-state index in [0.29, 0.717) is 22.9 Å². The average Bonchev–Trinajstić information content (AvgIpc) is 3.77. The van der Waals surface area contributed by atoms with Gasteiger partial charge < -0.3 is 0 Å². The zero-order chi connectivity index (χ0) is 46.6. The number of para-hydroxylation sites is 4. The summed E-state index contributed by atoms with van der Waals surface area (Å²) in [5.74, 6) is 1.62. The molecule has 0 bridgehead atoms. The van der Waals surface area contributed by atoms with Gasteiger partial charge in [0.1, 0.15) is 0 Å². The van der Waals surface area contributed by atoms with E-state index in [9.17, 15) is 0 Å². The Morgan fingerprint density at radius 1 is 0.591 bits per heavy atom. The molecule has 5 nitrogen and oxygen atoms in total. The Hall–Kier alpha value is -7.33. The maximum atomic E-state index is 8.56. The molecule has 0 fully saturated rings. The number of fused-ring (bicyclic) bond motifs is 5. The summed E-state index contributed by atoms with van der Waals surface area (Å²) >= 11 is 2.56. The van der Waals surface area contributed by atoms with Crippen molar-refractivity contribution >= 4 is 32.8 Å². The van der Waals surface area contributed by atoms with E-state index >= 15 is 0 Å². The van der Waals surface area contributed by atoms with E-state index < -0.39 is 6.85 Å². The van der Waals surface area contributed by atoms with E-state index in [0.717, 1.165) is 101 Å². The molecule has 1 aliphatic rings. The molecule has 66 heavy (non-hydrogen) atoms. The van der Waals surface area contributed by atoms with Crippen molar-refractivity contribution in [3.63, 3.8) is 0 Å². The molecule has 0 radical (unpaired) electrons. The Kier molecular flexibility index (Phi) is 9.46. The van der Waals surface area contributed by atoms with Crippen LogP contribution in [0.2, 0.25) is 0 Å². The van der Waals surface area contributed by atoms with Gasteiger partial charge in [-0.05, 0) is 30.1 Å². The molecule has 0 aliphatic heterocycles. The third-order valence-corrected chi connectivity index (χ3v) is 14.1. The smallest absolute Gasteiger partial charge is 0.238 e. The summed E-state index contributed by atoms with van der Waals surface area (Å²) in [6.45, 7) is -2.37. The van der Waals surface area contributed by atoms with Crippen LogP contribution in [-0.4, -0.2) is 18.7 Å². The number of benzene rings is 8. The van der Waals surface area contributed by atoms with Gasteiger partial charge in [0.05, 0.1) is 0 Å². The zero-order valence-electron chi connectivity index (χ0n) is 38.9. The number of aryl methyl sites for hydroxylation is 2. The fourth-order valence-corrected chi connectivity index (χ4v) is 11.1. The molecular formula is C60H44N4OPt-2. The van der Waals surface area contributed by atoms with E-state index in [1.54, 1.807) is 12.3 Å². The van der Waals surface area contributed by atoms with Gasteiger partial charge in [0.2, 0.25) is 0 Å². The summed E-state index contributed by atoms with van der Waals surface area (Å²) in [5, 5.41) is 1.97. The number of hydrogen-bond donors (Lipinski definition) is 0.